The Balaban J connectivity index is 2.12. The Morgan fingerprint density at radius 3 is 2.35 bits per heavy atom. The van der Waals surface area contributed by atoms with Crippen LogP contribution in [0, 0.1) is 0 Å². The molecule has 1 N–H and O–H groups in total. The molecule has 0 saturated carbocycles. The number of hydrogen-bond acceptors (Lipinski definition) is 1. The first-order valence-electron chi connectivity index (χ1n) is 10.1. The van der Waals surface area contributed by atoms with Gasteiger partial charge in [-0.3, -0.25) is 0 Å². The lowest BCUT2D eigenvalue weighted by atomic mass is 9.87. The maximum atomic E-state index is 8.26. The van der Waals surface area contributed by atoms with Crippen LogP contribution in [0.4, 0.5) is 11.4 Å². The quantitative estimate of drug-likeness (QED) is 0.590. The number of rotatable bonds is 3. The van der Waals surface area contributed by atoms with E-state index in [1.807, 2.05) is 24.3 Å². The van der Waals surface area contributed by atoms with Crippen molar-refractivity contribution in [2.24, 2.45) is 0 Å². The van der Waals surface area contributed by atoms with Gasteiger partial charge in [-0.25, -0.2) is 0 Å². The van der Waals surface area contributed by atoms with E-state index in [-0.39, 0.29) is 41.2 Å². The summed E-state index contributed by atoms with van der Waals surface area (Å²) in [5.74, 6) is 0. The molecule has 116 valence electrons. The van der Waals surface area contributed by atoms with E-state index in [4.69, 9.17) is 6.85 Å². The van der Waals surface area contributed by atoms with Crippen LogP contribution in [0.3, 0.4) is 0 Å². The molecule has 0 atom stereocenters. The highest BCUT2D eigenvalue weighted by atomic mass is 14.9. The highest BCUT2D eigenvalue weighted by molar-refractivity contribution is 5.81. The molecule has 3 rings (SSSR count). The van der Waals surface area contributed by atoms with Gasteiger partial charge in [0.1, 0.15) is 0 Å². The normalized spacial score (nSPS) is 14.3. The van der Waals surface area contributed by atoms with Gasteiger partial charge in [-0.2, -0.15) is 0 Å². The molecule has 0 aliphatic rings. The number of hydrogen-bond donors (Lipinski definition) is 1. The molecule has 3 aromatic rings. The van der Waals surface area contributed by atoms with Gasteiger partial charge >= 0.3 is 0 Å². The van der Waals surface area contributed by atoms with Gasteiger partial charge in [-0.1, -0.05) is 81.3 Å². The topological polar surface area (TPSA) is 12.0 Å². The first-order valence-corrected chi connectivity index (χ1v) is 7.65. The third-order valence-electron chi connectivity index (χ3n) is 3.70. The fourth-order valence-corrected chi connectivity index (χ4v) is 2.41. The van der Waals surface area contributed by atoms with E-state index in [1.54, 1.807) is 12.1 Å². The van der Waals surface area contributed by atoms with Crippen LogP contribution in [0.25, 0.3) is 11.1 Å². The second kappa shape index (κ2) is 6.29. The lowest BCUT2D eigenvalue weighted by Gasteiger charge is -2.20. The van der Waals surface area contributed by atoms with E-state index in [1.165, 1.54) is 5.56 Å². The summed E-state index contributed by atoms with van der Waals surface area (Å²) in [5.41, 5.74) is 3.52. The van der Waals surface area contributed by atoms with Crippen molar-refractivity contribution in [1.29, 1.82) is 0 Å². The molecule has 23 heavy (non-hydrogen) atoms. The van der Waals surface area contributed by atoms with E-state index in [0.29, 0.717) is 11.3 Å². The standard InChI is InChI=1S/C22H23N/c1-22(2,3)18-12-9-13-19(16-18)23-21-15-8-7-14-20(21)17-10-5-4-6-11-17/h4-16,23H,1-3H3/i4D,5D,6D,10D,11D. The van der Waals surface area contributed by atoms with Crippen molar-refractivity contribution in [3.8, 4) is 11.1 Å². The summed E-state index contributed by atoms with van der Waals surface area (Å²) < 4.78 is 40.2. The Labute approximate surface area is 146 Å². The van der Waals surface area contributed by atoms with Crippen molar-refractivity contribution in [1.82, 2.24) is 0 Å². The van der Waals surface area contributed by atoms with Crippen molar-refractivity contribution < 1.29 is 6.85 Å². The van der Waals surface area contributed by atoms with Crippen LogP contribution in [0.1, 0.15) is 33.2 Å². The van der Waals surface area contributed by atoms with Crippen LogP contribution >= 0.6 is 0 Å². The van der Waals surface area contributed by atoms with Gasteiger partial charge in [-0.15, -0.1) is 0 Å². The van der Waals surface area contributed by atoms with Crippen LogP contribution in [0.2, 0.25) is 0 Å². The molecule has 0 bridgehead atoms. The molecule has 1 heteroatoms. The second-order valence-electron chi connectivity index (χ2n) is 6.50. The fourth-order valence-electron chi connectivity index (χ4n) is 2.41. The fraction of sp³-hybridized carbons (Fsp3) is 0.182. The largest absolute Gasteiger partial charge is 0.355 e. The SMILES string of the molecule is [2H]c1c([2H])c([2H])c(-c2ccccc2Nc2cccc(C(C)(C)C)c2)c([2H])c1[2H]. The Bertz CT molecular complexity index is 1010. The molecule has 0 unspecified atom stereocenters. The zero-order chi connectivity index (χ0) is 20.6. The van der Waals surface area contributed by atoms with E-state index >= 15 is 0 Å². The first kappa shape index (κ1) is 10.3. The molecule has 0 aliphatic carbocycles. The summed E-state index contributed by atoms with van der Waals surface area (Å²) in [5, 5.41) is 3.36. The average Bonchev–Trinajstić information content (AvgIpc) is 2.66. The molecule has 0 fully saturated rings. The van der Waals surface area contributed by atoms with Gasteiger partial charge in [0.25, 0.3) is 0 Å². The zero-order valence-corrected chi connectivity index (χ0v) is 13.6. The molecule has 0 saturated heterocycles. The summed E-state index contributed by atoms with van der Waals surface area (Å²) in [7, 11) is 0. The highest BCUT2D eigenvalue weighted by Gasteiger charge is 2.14. The minimum absolute atomic E-state index is 0.00407. The van der Waals surface area contributed by atoms with Gasteiger partial charge in [-0.05, 0) is 34.7 Å². The summed E-state index contributed by atoms with van der Waals surface area (Å²) in [6.07, 6.45) is 0. The van der Waals surface area contributed by atoms with Gasteiger partial charge in [0.05, 0.1) is 6.85 Å². The monoisotopic (exact) mass is 306 g/mol. The van der Waals surface area contributed by atoms with Crippen LogP contribution in [0.5, 0.6) is 0 Å². The van der Waals surface area contributed by atoms with E-state index < -0.39 is 0 Å². The molecule has 0 aliphatic heterocycles. The number of anilines is 2. The maximum absolute atomic E-state index is 8.26. The molecular formula is C22H23N. The third kappa shape index (κ3) is 3.62. The Kier molecular flexibility index (Phi) is 2.81. The predicted octanol–water partition coefficient (Wildman–Crippen LogP) is 6.39. The molecule has 0 spiro atoms. The Hall–Kier alpha value is -2.54. The van der Waals surface area contributed by atoms with Gasteiger partial charge in [0, 0.05) is 16.9 Å². The van der Waals surface area contributed by atoms with Crippen LogP contribution in [-0.4, -0.2) is 0 Å². The third-order valence-corrected chi connectivity index (χ3v) is 3.70. The number of benzene rings is 3. The molecule has 0 amide bonds. The second-order valence-corrected chi connectivity index (χ2v) is 6.50. The van der Waals surface area contributed by atoms with Crippen molar-refractivity contribution in [3.63, 3.8) is 0 Å². The maximum Gasteiger partial charge on any atom is 0.0629 e. The molecule has 0 aromatic heterocycles. The summed E-state index contributed by atoms with van der Waals surface area (Å²) >= 11 is 0. The van der Waals surface area contributed by atoms with Crippen molar-refractivity contribution in [2.45, 2.75) is 26.2 Å². The van der Waals surface area contributed by atoms with E-state index in [2.05, 4.69) is 38.2 Å². The van der Waals surface area contributed by atoms with E-state index in [9.17, 15) is 0 Å². The zero-order valence-electron chi connectivity index (χ0n) is 18.6. The Morgan fingerprint density at radius 2 is 1.61 bits per heavy atom. The molecule has 0 heterocycles. The van der Waals surface area contributed by atoms with Gasteiger partial charge in [0.2, 0.25) is 0 Å². The predicted molar refractivity (Wildman–Crippen MR) is 100 cm³/mol. The summed E-state index contributed by atoms with van der Waals surface area (Å²) in [6, 6.07) is 13.9. The Morgan fingerprint density at radius 1 is 0.870 bits per heavy atom. The number of para-hydroxylation sites is 1. The lowest BCUT2D eigenvalue weighted by molar-refractivity contribution is 0.590. The smallest absolute Gasteiger partial charge is 0.0629 e. The lowest BCUT2D eigenvalue weighted by Crippen LogP contribution is -2.11. The van der Waals surface area contributed by atoms with Crippen molar-refractivity contribution in [3.05, 3.63) is 84.3 Å². The highest BCUT2D eigenvalue weighted by Crippen LogP contribution is 2.31. The minimum Gasteiger partial charge on any atom is -0.355 e. The van der Waals surface area contributed by atoms with Gasteiger partial charge < -0.3 is 5.32 Å². The average molecular weight is 306 g/mol. The molecular weight excluding hydrogens is 278 g/mol. The number of nitrogens with one attached hydrogen (secondary N) is 1. The van der Waals surface area contributed by atoms with E-state index in [0.717, 1.165) is 5.69 Å². The molecule has 1 nitrogen and oxygen atoms in total. The van der Waals surface area contributed by atoms with Crippen molar-refractivity contribution in [2.75, 3.05) is 5.32 Å². The molecule has 0 radical (unpaired) electrons. The molecule has 3 aromatic carbocycles. The van der Waals surface area contributed by atoms with Crippen molar-refractivity contribution >= 4 is 11.4 Å². The van der Waals surface area contributed by atoms with Crippen LogP contribution < -0.4 is 5.32 Å². The summed E-state index contributed by atoms with van der Waals surface area (Å²) in [4.78, 5) is 0. The summed E-state index contributed by atoms with van der Waals surface area (Å²) in [6.45, 7) is 6.44. The van der Waals surface area contributed by atoms with Crippen LogP contribution in [0.15, 0.2) is 78.7 Å². The van der Waals surface area contributed by atoms with Crippen LogP contribution in [-0.2, 0) is 5.41 Å². The van der Waals surface area contributed by atoms with Gasteiger partial charge in [0.15, 0.2) is 0 Å². The minimum atomic E-state index is -0.387. The first-order chi connectivity index (χ1) is 13.1.